The standard InChI is InChI=1S/C23H30N4O3S/c1-18-6-12-22(13-7-18)31(29,30)26-21-10-8-20(9-11-21)19(2)24-25-23(28)14-17-27-15-4-3-5-16-27/h6-13,26H,3-5,14-17H2,1-2H3,(H,25,28)/b24-19+. The number of carbonyl (C=O) groups excluding carboxylic acids is 1. The smallest absolute Gasteiger partial charge is 0.261 e. The zero-order valence-corrected chi connectivity index (χ0v) is 18.9. The average molecular weight is 443 g/mol. The fraction of sp³-hybridized carbons (Fsp3) is 0.391. The van der Waals surface area contributed by atoms with E-state index in [-0.39, 0.29) is 10.8 Å². The van der Waals surface area contributed by atoms with Crippen molar-refractivity contribution >= 4 is 27.3 Å². The van der Waals surface area contributed by atoms with E-state index in [2.05, 4.69) is 20.1 Å². The summed E-state index contributed by atoms with van der Waals surface area (Å²) in [5, 5.41) is 4.18. The van der Waals surface area contributed by atoms with Gasteiger partial charge < -0.3 is 4.90 Å². The summed E-state index contributed by atoms with van der Waals surface area (Å²) in [4.78, 5) is 14.6. The molecule has 31 heavy (non-hydrogen) atoms. The number of hydrogen-bond acceptors (Lipinski definition) is 5. The number of rotatable bonds is 8. The Balaban J connectivity index is 1.53. The van der Waals surface area contributed by atoms with Crippen LogP contribution in [0.4, 0.5) is 5.69 Å². The molecule has 2 aromatic carbocycles. The molecule has 0 saturated carbocycles. The fourth-order valence-corrected chi connectivity index (χ4v) is 4.48. The van der Waals surface area contributed by atoms with Crippen LogP contribution in [0.1, 0.15) is 43.7 Å². The minimum absolute atomic E-state index is 0.104. The first-order valence-corrected chi connectivity index (χ1v) is 12.1. The van der Waals surface area contributed by atoms with Crippen LogP contribution in [0.2, 0.25) is 0 Å². The molecule has 1 aliphatic heterocycles. The van der Waals surface area contributed by atoms with Crippen molar-refractivity contribution in [1.29, 1.82) is 0 Å². The van der Waals surface area contributed by atoms with Crippen LogP contribution in [0.15, 0.2) is 58.5 Å². The number of hydrogen-bond donors (Lipinski definition) is 2. The zero-order valence-electron chi connectivity index (χ0n) is 18.1. The van der Waals surface area contributed by atoms with Crippen LogP contribution < -0.4 is 10.1 Å². The second-order valence-electron chi connectivity index (χ2n) is 7.88. The Bertz CT molecular complexity index is 1010. The van der Waals surface area contributed by atoms with E-state index in [1.54, 1.807) is 55.5 Å². The molecule has 1 heterocycles. The van der Waals surface area contributed by atoms with Gasteiger partial charge in [-0.1, -0.05) is 36.2 Å². The highest BCUT2D eigenvalue weighted by Crippen LogP contribution is 2.17. The van der Waals surface area contributed by atoms with Crippen LogP contribution in [-0.4, -0.2) is 44.6 Å². The quantitative estimate of drug-likeness (QED) is 0.483. The molecule has 1 saturated heterocycles. The van der Waals surface area contributed by atoms with E-state index in [1.807, 2.05) is 6.92 Å². The van der Waals surface area contributed by atoms with E-state index < -0.39 is 10.0 Å². The lowest BCUT2D eigenvalue weighted by Crippen LogP contribution is -2.33. The van der Waals surface area contributed by atoms with Crippen LogP contribution in [0.25, 0.3) is 0 Å². The predicted molar refractivity (Wildman–Crippen MR) is 124 cm³/mol. The van der Waals surface area contributed by atoms with Crippen LogP contribution >= 0.6 is 0 Å². The Hall–Kier alpha value is -2.71. The van der Waals surface area contributed by atoms with E-state index in [0.717, 1.165) is 30.8 Å². The number of aryl methyl sites for hydroxylation is 1. The lowest BCUT2D eigenvalue weighted by Gasteiger charge is -2.25. The van der Waals surface area contributed by atoms with Crippen molar-refractivity contribution < 1.29 is 13.2 Å². The summed E-state index contributed by atoms with van der Waals surface area (Å²) in [6.45, 7) is 6.60. The minimum atomic E-state index is -3.64. The van der Waals surface area contributed by atoms with Gasteiger partial charge in [-0.2, -0.15) is 5.10 Å². The molecule has 3 rings (SSSR count). The number of sulfonamides is 1. The molecular formula is C23H30N4O3S. The van der Waals surface area contributed by atoms with Gasteiger partial charge in [0, 0.05) is 18.7 Å². The van der Waals surface area contributed by atoms with Gasteiger partial charge in [-0.3, -0.25) is 9.52 Å². The third kappa shape index (κ3) is 6.90. The topological polar surface area (TPSA) is 90.9 Å². The Morgan fingerprint density at radius 1 is 1.00 bits per heavy atom. The molecule has 1 aliphatic rings. The second kappa shape index (κ2) is 10.5. The van der Waals surface area contributed by atoms with E-state index in [4.69, 9.17) is 0 Å². The van der Waals surface area contributed by atoms with Gasteiger partial charge in [0.25, 0.3) is 10.0 Å². The Kier molecular flexibility index (Phi) is 7.81. The number of anilines is 1. The van der Waals surface area contributed by atoms with Crippen LogP contribution in [0.3, 0.4) is 0 Å². The first-order chi connectivity index (χ1) is 14.8. The summed E-state index contributed by atoms with van der Waals surface area (Å²) in [6, 6.07) is 13.6. The number of likely N-dealkylation sites (tertiary alicyclic amines) is 1. The molecule has 166 valence electrons. The maximum Gasteiger partial charge on any atom is 0.261 e. The normalized spacial score (nSPS) is 15.5. The number of piperidine rings is 1. The van der Waals surface area contributed by atoms with E-state index >= 15 is 0 Å². The van der Waals surface area contributed by atoms with E-state index in [9.17, 15) is 13.2 Å². The second-order valence-corrected chi connectivity index (χ2v) is 9.56. The molecule has 0 spiro atoms. The van der Waals surface area contributed by atoms with Gasteiger partial charge in [0.1, 0.15) is 0 Å². The highest BCUT2D eigenvalue weighted by Gasteiger charge is 2.14. The van der Waals surface area contributed by atoms with Gasteiger partial charge in [0.2, 0.25) is 5.91 Å². The summed E-state index contributed by atoms with van der Waals surface area (Å²) in [6.07, 6.45) is 4.11. The molecule has 2 aromatic rings. The van der Waals surface area contributed by atoms with Gasteiger partial charge >= 0.3 is 0 Å². The first kappa shape index (κ1) is 23.0. The number of hydrazone groups is 1. The number of nitrogens with zero attached hydrogens (tertiary/aromatic N) is 2. The van der Waals surface area contributed by atoms with Gasteiger partial charge in [-0.25, -0.2) is 13.8 Å². The van der Waals surface area contributed by atoms with Gasteiger partial charge in [-0.15, -0.1) is 0 Å². The molecule has 0 aliphatic carbocycles. The number of nitrogens with one attached hydrogen (secondary N) is 2. The molecule has 0 radical (unpaired) electrons. The molecular weight excluding hydrogens is 412 g/mol. The van der Waals surface area contributed by atoms with Crippen molar-refractivity contribution in [3.63, 3.8) is 0 Å². The van der Waals surface area contributed by atoms with Crippen LogP contribution in [0.5, 0.6) is 0 Å². The van der Waals surface area contributed by atoms with Crippen molar-refractivity contribution in [1.82, 2.24) is 10.3 Å². The number of benzene rings is 2. The monoisotopic (exact) mass is 442 g/mol. The molecule has 0 bridgehead atoms. The van der Waals surface area contributed by atoms with Crippen molar-refractivity contribution in [2.75, 3.05) is 24.4 Å². The predicted octanol–water partition coefficient (Wildman–Crippen LogP) is 3.51. The van der Waals surface area contributed by atoms with Crippen molar-refractivity contribution in [2.45, 2.75) is 44.4 Å². The zero-order chi connectivity index (χ0) is 22.3. The maximum absolute atomic E-state index is 12.5. The molecule has 1 amide bonds. The molecule has 7 nitrogen and oxygen atoms in total. The van der Waals surface area contributed by atoms with Gasteiger partial charge in [0.05, 0.1) is 10.6 Å². The molecule has 1 fully saturated rings. The van der Waals surface area contributed by atoms with Gasteiger partial charge in [0.15, 0.2) is 0 Å². The molecule has 0 aromatic heterocycles. The SMILES string of the molecule is C/C(=N\NC(=O)CCN1CCCCC1)c1ccc(NS(=O)(=O)c2ccc(C)cc2)cc1. The molecule has 2 N–H and O–H groups in total. The summed E-state index contributed by atoms with van der Waals surface area (Å²) < 4.78 is 27.6. The van der Waals surface area contributed by atoms with Crippen molar-refractivity contribution in [2.24, 2.45) is 5.10 Å². The Morgan fingerprint density at radius 3 is 2.29 bits per heavy atom. The lowest BCUT2D eigenvalue weighted by atomic mass is 10.1. The molecule has 0 unspecified atom stereocenters. The fourth-order valence-electron chi connectivity index (χ4n) is 3.42. The van der Waals surface area contributed by atoms with Crippen molar-refractivity contribution in [3.8, 4) is 0 Å². The minimum Gasteiger partial charge on any atom is -0.303 e. The average Bonchev–Trinajstić information content (AvgIpc) is 2.77. The number of carbonyl (C=O) groups is 1. The van der Waals surface area contributed by atoms with Gasteiger partial charge in [-0.05, 0) is 69.6 Å². The highest BCUT2D eigenvalue weighted by molar-refractivity contribution is 7.92. The largest absolute Gasteiger partial charge is 0.303 e. The first-order valence-electron chi connectivity index (χ1n) is 10.6. The van der Waals surface area contributed by atoms with E-state index in [0.29, 0.717) is 17.8 Å². The number of amides is 1. The summed E-state index contributed by atoms with van der Waals surface area (Å²) in [5.74, 6) is -0.104. The summed E-state index contributed by atoms with van der Waals surface area (Å²) in [5.41, 5.74) is 5.52. The van der Waals surface area contributed by atoms with Crippen molar-refractivity contribution in [3.05, 3.63) is 59.7 Å². The summed E-state index contributed by atoms with van der Waals surface area (Å²) >= 11 is 0. The maximum atomic E-state index is 12.5. The molecule has 8 heteroatoms. The van der Waals surface area contributed by atoms with Crippen LogP contribution in [-0.2, 0) is 14.8 Å². The Labute approximate surface area is 184 Å². The molecule has 0 atom stereocenters. The van der Waals surface area contributed by atoms with E-state index in [1.165, 1.54) is 19.3 Å². The summed E-state index contributed by atoms with van der Waals surface area (Å²) in [7, 11) is -3.64. The Morgan fingerprint density at radius 2 is 1.65 bits per heavy atom. The third-order valence-electron chi connectivity index (χ3n) is 5.34. The highest BCUT2D eigenvalue weighted by atomic mass is 32.2. The lowest BCUT2D eigenvalue weighted by molar-refractivity contribution is -0.121. The third-order valence-corrected chi connectivity index (χ3v) is 6.74. The van der Waals surface area contributed by atoms with Crippen LogP contribution in [0, 0.1) is 6.92 Å².